The lowest BCUT2D eigenvalue weighted by atomic mass is 10.0. The van der Waals surface area contributed by atoms with Crippen molar-refractivity contribution in [3.8, 4) is 11.5 Å². The molecule has 0 saturated carbocycles. The van der Waals surface area contributed by atoms with Crippen molar-refractivity contribution in [2.24, 2.45) is 11.5 Å². The van der Waals surface area contributed by atoms with Gasteiger partial charge in [-0.05, 0) is 37.1 Å². The van der Waals surface area contributed by atoms with E-state index < -0.39 is 6.29 Å². The van der Waals surface area contributed by atoms with Crippen molar-refractivity contribution in [1.82, 2.24) is 0 Å². The average Bonchev–Trinajstić information content (AvgIpc) is 2.61. The summed E-state index contributed by atoms with van der Waals surface area (Å²) in [6, 6.07) is 4.42. The number of fused-ring (bicyclic) bond motifs is 1. The van der Waals surface area contributed by atoms with Crippen molar-refractivity contribution in [1.29, 1.82) is 0 Å². The predicted octanol–water partition coefficient (Wildman–Crippen LogP) is 2.14. The molecule has 1 aliphatic rings. The second-order valence-corrected chi connectivity index (χ2v) is 4.26. The lowest BCUT2D eigenvalue weighted by Crippen LogP contribution is -2.25. The van der Waals surface area contributed by atoms with E-state index in [-0.39, 0.29) is 17.5 Å². The van der Waals surface area contributed by atoms with Gasteiger partial charge in [-0.3, -0.25) is 0 Å². The van der Waals surface area contributed by atoms with Gasteiger partial charge in [0.15, 0.2) is 11.5 Å². The number of halogens is 2. The van der Waals surface area contributed by atoms with Crippen LogP contribution in [0.1, 0.15) is 30.9 Å². The molecule has 1 aliphatic heterocycles. The molecule has 0 unspecified atom stereocenters. The van der Waals surface area contributed by atoms with Gasteiger partial charge in [-0.1, -0.05) is 12.5 Å². The van der Waals surface area contributed by atoms with Crippen LogP contribution in [0.2, 0.25) is 0 Å². The van der Waals surface area contributed by atoms with Crippen LogP contribution in [-0.2, 0) is 0 Å². The summed E-state index contributed by atoms with van der Waals surface area (Å²) in [6.07, 6.45) is -1.02. The van der Waals surface area contributed by atoms with E-state index in [0.717, 1.165) is 24.8 Å². The maximum Gasteiger partial charge on any atom is 0.586 e. The molecule has 6 heteroatoms. The van der Waals surface area contributed by atoms with E-state index in [1.807, 2.05) is 0 Å². The highest BCUT2D eigenvalue weighted by molar-refractivity contribution is 5.45. The first kappa shape index (κ1) is 13.0. The Hall–Kier alpha value is -1.40. The zero-order valence-corrected chi connectivity index (χ0v) is 9.86. The molecule has 0 amide bonds. The first-order valence-corrected chi connectivity index (χ1v) is 5.87. The summed E-state index contributed by atoms with van der Waals surface area (Å²) in [5, 5.41) is 0. The van der Waals surface area contributed by atoms with Crippen LogP contribution in [0.15, 0.2) is 18.2 Å². The number of ether oxygens (including phenoxy) is 2. The molecular formula is C12H16F2N2O2. The summed E-state index contributed by atoms with van der Waals surface area (Å²) in [4.78, 5) is 0. The molecule has 1 aromatic carbocycles. The van der Waals surface area contributed by atoms with E-state index in [0.29, 0.717) is 6.54 Å². The van der Waals surface area contributed by atoms with Gasteiger partial charge in [-0.15, -0.1) is 8.78 Å². The SMILES string of the molecule is NCCCC[C@H](N)c1ccc2c(c1)OC(F)(F)O2. The molecule has 0 bridgehead atoms. The van der Waals surface area contributed by atoms with Gasteiger partial charge < -0.3 is 20.9 Å². The second-order valence-electron chi connectivity index (χ2n) is 4.26. The van der Waals surface area contributed by atoms with E-state index in [9.17, 15) is 8.78 Å². The lowest BCUT2D eigenvalue weighted by Gasteiger charge is -2.11. The maximum atomic E-state index is 12.8. The standard InChI is InChI=1S/C12H16F2N2O2/c13-12(14)17-10-5-4-8(7-11(10)18-12)9(16)3-1-2-6-15/h4-5,7,9H,1-3,6,15-16H2/t9-/m0/s1. The molecule has 1 atom stereocenters. The van der Waals surface area contributed by atoms with Crippen molar-refractivity contribution in [3.63, 3.8) is 0 Å². The minimum atomic E-state index is -3.58. The van der Waals surface area contributed by atoms with Gasteiger partial charge in [0, 0.05) is 6.04 Å². The molecule has 1 aromatic rings. The van der Waals surface area contributed by atoms with Crippen LogP contribution < -0.4 is 20.9 Å². The van der Waals surface area contributed by atoms with Crippen molar-refractivity contribution in [2.45, 2.75) is 31.6 Å². The number of hydrogen-bond acceptors (Lipinski definition) is 4. The molecule has 0 spiro atoms. The molecule has 0 aromatic heterocycles. The average molecular weight is 258 g/mol. The van der Waals surface area contributed by atoms with Gasteiger partial charge in [-0.2, -0.15) is 0 Å². The third-order valence-corrected chi connectivity index (χ3v) is 2.82. The Labute approximate surface area is 104 Å². The Kier molecular flexibility index (Phi) is 3.68. The molecule has 1 heterocycles. The summed E-state index contributed by atoms with van der Waals surface area (Å²) in [5.41, 5.74) is 12.1. The highest BCUT2D eigenvalue weighted by Gasteiger charge is 2.43. The molecule has 100 valence electrons. The molecule has 4 nitrogen and oxygen atoms in total. The summed E-state index contributed by atoms with van der Waals surface area (Å²) in [6.45, 7) is 0.625. The molecule has 2 rings (SSSR count). The van der Waals surface area contributed by atoms with Gasteiger partial charge in [0.2, 0.25) is 0 Å². The summed E-state index contributed by atoms with van der Waals surface area (Å²) >= 11 is 0. The number of benzene rings is 1. The topological polar surface area (TPSA) is 70.5 Å². The fraction of sp³-hybridized carbons (Fsp3) is 0.500. The largest absolute Gasteiger partial charge is 0.586 e. The van der Waals surface area contributed by atoms with Crippen molar-refractivity contribution >= 4 is 0 Å². The number of alkyl halides is 2. The van der Waals surface area contributed by atoms with E-state index in [1.165, 1.54) is 12.1 Å². The lowest BCUT2D eigenvalue weighted by molar-refractivity contribution is -0.286. The third-order valence-electron chi connectivity index (χ3n) is 2.82. The van der Waals surface area contributed by atoms with Gasteiger partial charge in [0.25, 0.3) is 0 Å². The van der Waals surface area contributed by atoms with E-state index >= 15 is 0 Å². The molecule has 4 N–H and O–H groups in total. The fourth-order valence-electron chi connectivity index (χ4n) is 1.87. The molecular weight excluding hydrogens is 242 g/mol. The quantitative estimate of drug-likeness (QED) is 0.794. The summed E-state index contributed by atoms with van der Waals surface area (Å²) in [5.74, 6) is 0.0738. The van der Waals surface area contributed by atoms with Crippen molar-refractivity contribution in [3.05, 3.63) is 23.8 Å². The van der Waals surface area contributed by atoms with Crippen LogP contribution in [0.3, 0.4) is 0 Å². The minimum absolute atomic E-state index is 0.0341. The zero-order valence-electron chi connectivity index (χ0n) is 9.86. The second kappa shape index (κ2) is 5.07. The normalized spacial score (nSPS) is 17.8. The monoisotopic (exact) mass is 258 g/mol. The van der Waals surface area contributed by atoms with Gasteiger partial charge in [0.05, 0.1) is 0 Å². The number of unbranched alkanes of at least 4 members (excludes halogenated alkanes) is 1. The zero-order chi connectivity index (χ0) is 13.2. The Morgan fingerprint density at radius 1 is 1.17 bits per heavy atom. The van der Waals surface area contributed by atoms with E-state index in [4.69, 9.17) is 11.5 Å². The van der Waals surface area contributed by atoms with Crippen LogP contribution in [0.25, 0.3) is 0 Å². The molecule has 18 heavy (non-hydrogen) atoms. The molecule has 0 aliphatic carbocycles. The van der Waals surface area contributed by atoms with E-state index in [2.05, 4.69) is 9.47 Å². The summed E-state index contributed by atoms with van der Waals surface area (Å²) < 4.78 is 34.4. The highest BCUT2D eigenvalue weighted by atomic mass is 19.3. The van der Waals surface area contributed by atoms with Crippen LogP contribution >= 0.6 is 0 Å². The Morgan fingerprint density at radius 3 is 2.61 bits per heavy atom. The molecule has 0 saturated heterocycles. The Morgan fingerprint density at radius 2 is 1.89 bits per heavy atom. The van der Waals surface area contributed by atoms with Gasteiger partial charge in [-0.25, -0.2) is 0 Å². The Bertz CT molecular complexity index is 427. The molecule has 0 radical (unpaired) electrons. The smallest absolute Gasteiger partial charge is 0.395 e. The Balaban J connectivity index is 2.04. The molecule has 0 fully saturated rings. The van der Waals surface area contributed by atoms with Crippen molar-refractivity contribution in [2.75, 3.05) is 6.54 Å². The first-order chi connectivity index (χ1) is 8.52. The third kappa shape index (κ3) is 2.88. The van der Waals surface area contributed by atoms with Crippen LogP contribution in [0.5, 0.6) is 11.5 Å². The van der Waals surface area contributed by atoms with Crippen molar-refractivity contribution < 1.29 is 18.3 Å². The van der Waals surface area contributed by atoms with Crippen LogP contribution in [-0.4, -0.2) is 12.8 Å². The fourth-order valence-corrected chi connectivity index (χ4v) is 1.87. The predicted molar refractivity (Wildman–Crippen MR) is 62.5 cm³/mol. The van der Waals surface area contributed by atoms with Gasteiger partial charge in [0.1, 0.15) is 0 Å². The van der Waals surface area contributed by atoms with Crippen LogP contribution in [0.4, 0.5) is 8.78 Å². The number of rotatable bonds is 5. The first-order valence-electron chi connectivity index (χ1n) is 5.87. The highest BCUT2D eigenvalue weighted by Crippen LogP contribution is 2.42. The summed E-state index contributed by atoms with van der Waals surface area (Å²) in [7, 11) is 0. The van der Waals surface area contributed by atoms with Gasteiger partial charge >= 0.3 is 6.29 Å². The number of hydrogen-bond donors (Lipinski definition) is 2. The number of nitrogens with two attached hydrogens (primary N) is 2. The minimum Gasteiger partial charge on any atom is -0.395 e. The van der Waals surface area contributed by atoms with Crippen LogP contribution in [0, 0.1) is 0 Å². The van der Waals surface area contributed by atoms with E-state index in [1.54, 1.807) is 6.07 Å². The maximum absolute atomic E-state index is 12.8.